The molecule has 34 heavy (non-hydrogen) atoms. The zero-order chi connectivity index (χ0) is 24.5. The maximum atomic E-state index is 13.1. The van der Waals surface area contributed by atoms with Gasteiger partial charge in [-0.25, -0.2) is 4.98 Å². The molecule has 0 aliphatic rings. The predicted octanol–water partition coefficient (Wildman–Crippen LogP) is 7.49. The lowest BCUT2D eigenvalue weighted by Gasteiger charge is -2.22. The van der Waals surface area contributed by atoms with Crippen molar-refractivity contribution < 1.29 is 4.79 Å². The summed E-state index contributed by atoms with van der Waals surface area (Å²) in [5.74, 6) is 0.951. The van der Waals surface area contributed by atoms with Crippen molar-refractivity contribution in [3.05, 3.63) is 70.2 Å². The quantitative estimate of drug-likeness (QED) is 0.294. The minimum absolute atomic E-state index is 0.149. The highest BCUT2D eigenvalue weighted by atomic mass is 32.1. The number of hydrogen-bond donors (Lipinski definition) is 1. The molecule has 0 radical (unpaired) electrons. The molecule has 182 valence electrons. The molecule has 2 unspecified atom stereocenters. The predicted molar refractivity (Wildman–Crippen MR) is 146 cm³/mol. The van der Waals surface area contributed by atoms with Crippen LogP contribution in [-0.2, 0) is 6.42 Å². The van der Waals surface area contributed by atoms with Crippen LogP contribution >= 0.6 is 11.3 Å². The van der Waals surface area contributed by atoms with Crippen molar-refractivity contribution in [2.75, 3.05) is 25.5 Å². The summed E-state index contributed by atoms with van der Waals surface area (Å²) in [4.78, 5) is 20.2. The van der Waals surface area contributed by atoms with E-state index >= 15 is 0 Å². The summed E-state index contributed by atoms with van der Waals surface area (Å²) in [6.07, 6.45) is 4.31. The lowest BCUT2D eigenvalue weighted by molar-refractivity contribution is 0.102. The molecule has 1 aromatic heterocycles. The number of carbonyl (C=O) groups is 1. The first-order chi connectivity index (χ1) is 16.4. The Labute approximate surface area is 209 Å². The molecule has 3 rings (SSSR count). The zero-order valence-corrected chi connectivity index (χ0v) is 22.1. The molecule has 4 nitrogen and oxygen atoms in total. The minimum Gasteiger partial charge on any atom is -0.320 e. The van der Waals surface area contributed by atoms with Crippen LogP contribution < -0.4 is 5.32 Å². The number of carbonyl (C=O) groups excluding carboxylic acids is 1. The molecule has 0 saturated heterocycles. The molecule has 0 bridgehead atoms. The van der Waals surface area contributed by atoms with Crippen LogP contribution in [0.5, 0.6) is 0 Å². The molecular weight excluding hydrogens is 438 g/mol. The second kappa shape index (κ2) is 12.8. The number of thiazole rings is 1. The molecule has 0 saturated carbocycles. The SMILES string of the molecule is CCc1ccc(-c2ccccc2NC(=O)c2csc(C(CC)CCN(C)CC(C)CC)n2)cc1. The van der Waals surface area contributed by atoms with E-state index < -0.39 is 0 Å². The smallest absolute Gasteiger partial charge is 0.275 e. The van der Waals surface area contributed by atoms with Gasteiger partial charge in [0, 0.05) is 29.1 Å². The van der Waals surface area contributed by atoms with Crippen molar-refractivity contribution >= 4 is 22.9 Å². The van der Waals surface area contributed by atoms with E-state index in [2.05, 4.69) is 69.2 Å². The Kier molecular flexibility index (Phi) is 9.85. The van der Waals surface area contributed by atoms with Crippen LogP contribution in [0.25, 0.3) is 11.1 Å². The highest BCUT2D eigenvalue weighted by Crippen LogP contribution is 2.30. The van der Waals surface area contributed by atoms with Gasteiger partial charge in [-0.3, -0.25) is 4.79 Å². The van der Waals surface area contributed by atoms with E-state index in [9.17, 15) is 4.79 Å². The standard InChI is InChI=1S/C29H39N3OS/c1-6-21(4)19-32(5)18-17-23(8-3)29-31-27(20-34-29)28(33)30-26-12-10-9-11-25(26)24-15-13-22(7-2)14-16-24/h9-16,20-21,23H,6-8,17-19H2,1-5H3,(H,30,33). The Balaban J connectivity index is 1.67. The van der Waals surface area contributed by atoms with Gasteiger partial charge < -0.3 is 10.2 Å². The van der Waals surface area contributed by atoms with Gasteiger partial charge in [-0.1, -0.05) is 76.6 Å². The fraction of sp³-hybridized carbons (Fsp3) is 0.448. The molecule has 0 aliphatic carbocycles. The van der Waals surface area contributed by atoms with Crippen LogP contribution in [0.4, 0.5) is 5.69 Å². The molecule has 1 N–H and O–H groups in total. The van der Waals surface area contributed by atoms with Gasteiger partial charge in [0.25, 0.3) is 5.91 Å². The van der Waals surface area contributed by atoms with Crippen LogP contribution in [0.1, 0.15) is 73.9 Å². The maximum absolute atomic E-state index is 13.1. The number of aryl methyl sites for hydroxylation is 1. The van der Waals surface area contributed by atoms with E-state index in [0.717, 1.165) is 54.2 Å². The van der Waals surface area contributed by atoms with Gasteiger partial charge in [0.05, 0.1) is 5.01 Å². The number of nitrogens with zero attached hydrogens (tertiary/aromatic N) is 2. The fourth-order valence-electron chi connectivity index (χ4n) is 4.16. The lowest BCUT2D eigenvalue weighted by Crippen LogP contribution is -2.26. The van der Waals surface area contributed by atoms with Gasteiger partial charge in [-0.05, 0) is 56.0 Å². The average Bonchev–Trinajstić information content (AvgIpc) is 3.35. The molecule has 0 aliphatic heterocycles. The molecule has 5 heteroatoms. The summed E-state index contributed by atoms with van der Waals surface area (Å²) >= 11 is 1.61. The Morgan fingerprint density at radius 3 is 2.47 bits per heavy atom. The normalized spacial score (nSPS) is 13.1. The summed E-state index contributed by atoms with van der Waals surface area (Å²) in [5.41, 5.74) is 4.73. The topological polar surface area (TPSA) is 45.2 Å². The fourth-order valence-corrected chi connectivity index (χ4v) is 5.18. The number of rotatable bonds is 12. The molecule has 1 amide bonds. The number of amides is 1. The van der Waals surface area contributed by atoms with Gasteiger partial charge >= 0.3 is 0 Å². The summed E-state index contributed by atoms with van der Waals surface area (Å²) in [6.45, 7) is 11.1. The third kappa shape index (κ3) is 7.00. The number of hydrogen-bond acceptors (Lipinski definition) is 4. The van der Waals surface area contributed by atoms with Crippen LogP contribution in [0, 0.1) is 5.92 Å². The Morgan fingerprint density at radius 2 is 1.79 bits per heavy atom. The largest absolute Gasteiger partial charge is 0.320 e. The Hall–Kier alpha value is -2.50. The highest BCUT2D eigenvalue weighted by Gasteiger charge is 2.19. The Morgan fingerprint density at radius 1 is 1.06 bits per heavy atom. The van der Waals surface area contributed by atoms with Crippen LogP contribution in [0.15, 0.2) is 53.9 Å². The number of anilines is 1. The average molecular weight is 478 g/mol. The van der Waals surface area contributed by atoms with Gasteiger partial charge in [-0.2, -0.15) is 0 Å². The number of para-hydroxylation sites is 1. The second-order valence-corrected chi connectivity index (χ2v) is 10.2. The van der Waals surface area contributed by atoms with E-state index in [-0.39, 0.29) is 5.91 Å². The van der Waals surface area contributed by atoms with E-state index in [0.29, 0.717) is 17.5 Å². The second-order valence-electron chi connectivity index (χ2n) is 9.29. The monoisotopic (exact) mass is 477 g/mol. The summed E-state index contributed by atoms with van der Waals surface area (Å²) < 4.78 is 0. The van der Waals surface area contributed by atoms with Crippen LogP contribution in [-0.4, -0.2) is 35.9 Å². The highest BCUT2D eigenvalue weighted by molar-refractivity contribution is 7.10. The summed E-state index contributed by atoms with van der Waals surface area (Å²) in [7, 11) is 2.20. The molecule has 1 heterocycles. The third-order valence-electron chi connectivity index (χ3n) is 6.62. The molecule has 2 aromatic carbocycles. The van der Waals surface area contributed by atoms with E-state index in [4.69, 9.17) is 4.98 Å². The van der Waals surface area contributed by atoms with Crippen molar-refractivity contribution in [3.8, 4) is 11.1 Å². The minimum atomic E-state index is -0.149. The molecular formula is C29H39N3OS. The number of aromatic nitrogens is 1. The van der Waals surface area contributed by atoms with Gasteiger partial charge in [0.1, 0.15) is 5.69 Å². The first kappa shape index (κ1) is 26.1. The van der Waals surface area contributed by atoms with Gasteiger partial charge in [0.2, 0.25) is 0 Å². The van der Waals surface area contributed by atoms with Crippen LogP contribution in [0.2, 0.25) is 0 Å². The zero-order valence-electron chi connectivity index (χ0n) is 21.3. The van der Waals surface area contributed by atoms with Gasteiger partial charge in [-0.15, -0.1) is 11.3 Å². The van der Waals surface area contributed by atoms with E-state index in [1.807, 2.05) is 29.6 Å². The van der Waals surface area contributed by atoms with Crippen molar-refractivity contribution in [1.82, 2.24) is 9.88 Å². The molecule has 3 aromatic rings. The lowest BCUT2D eigenvalue weighted by atomic mass is 10.0. The third-order valence-corrected chi connectivity index (χ3v) is 7.63. The first-order valence-electron chi connectivity index (χ1n) is 12.6. The van der Waals surface area contributed by atoms with Gasteiger partial charge in [0.15, 0.2) is 0 Å². The van der Waals surface area contributed by atoms with Crippen molar-refractivity contribution in [2.24, 2.45) is 5.92 Å². The van der Waals surface area contributed by atoms with E-state index in [1.54, 1.807) is 11.3 Å². The molecule has 0 fully saturated rings. The van der Waals surface area contributed by atoms with E-state index in [1.165, 1.54) is 12.0 Å². The molecule has 2 atom stereocenters. The van der Waals surface area contributed by atoms with Crippen molar-refractivity contribution in [1.29, 1.82) is 0 Å². The summed E-state index contributed by atoms with van der Waals surface area (Å²) in [5, 5.41) is 6.06. The summed E-state index contributed by atoms with van der Waals surface area (Å²) in [6, 6.07) is 16.5. The maximum Gasteiger partial charge on any atom is 0.275 e. The Bertz CT molecular complexity index is 1040. The van der Waals surface area contributed by atoms with Crippen molar-refractivity contribution in [3.63, 3.8) is 0 Å². The number of nitrogens with one attached hydrogen (secondary N) is 1. The van der Waals surface area contributed by atoms with Crippen LogP contribution in [0.3, 0.4) is 0 Å². The number of benzene rings is 2. The first-order valence-corrected chi connectivity index (χ1v) is 13.5. The molecule has 0 spiro atoms. The van der Waals surface area contributed by atoms with Crippen molar-refractivity contribution in [2.45, 2.75) is 59.3 Å².